The molecule has 0 spiro atoms. The normalized spacial score (nSPS) is 16.1. The highest BCUT2D eigenvalue weighted by molar-refractivity contribution is 6.01. The molecule has 32 heavy (non-hydrogen) atoms. The molecule has 4 aromatic rings. The van der Waals surface area contributed by atoms with Gasteiger partial charge in [0.15, 0.2) is 0 Å². The van der Waals surface area contributed by atoms with Gasteiger partial charge in [0.1, 0.15) is 0 Å². The van der Waals surface area contributed by atoms with Crippen molar-refractivity contribution < 1.29 is 0 Å². The summed E-state index contributed by atoms with van der Waals surface area (Å²) in [4.78, 5) is 2.59. The molecule has 4 aromatic carbocycles. The number of fused-ring (bicyclic) bond motifs is 15. The van der Waals surface area contributed by atoms with Crippen molar-refractivity contribution in [3.63, 3.8) is 0 Å². The topological polar surface area (TPSA) is 3.24 Å². The Bertz CT molecular complexity index is 1420. The van der Waals surface area contributed by atoms with Crippen LogP contribution < -0.4 is 4.90 Å². The fraction of sp³-hybridized carbons (Fsp3) is 0.0968. The average molecular weight is 408 g/mol. The van der Waals surface area contributed by atoms with Crippen molar-refractivity contribution in [3.05, 3.63) is 118 Å². The predicted molar refractivity (Wildman–Crippen MR) is 133 cm³/mol. The predicted octanol–water partition coefficient (Wildman–Crippen LogP) is 7.71. The minimum atomic E-state index is 0.184. The molecule has 2 aliphatic heterocycles. The van der Waals surface area contributed by atoms with Crippen molar-refractivity contribution in [3.8, 4) is 22.3 Å². The molecule has 4 aliphatic rings. The molecule has 0 saturated heterocycles. The standard InChI is InChI=1S/C31H21N/c1-3-13-27-23(9-1)29-21-11-5-7-19(21)15-17-25(29)31-26-18-16-20-8-6-12-22(20)30(26)24-10-2-4-14-28(24)32(27)31/h1-6,9-18,31H,7-8H2. The SMILES string of the molecule is C1=Cc2c(ccc3c2-c2ccccc2N2c4ccccc4-c4c(ccc5c4C=CC5)C32)C1. The second-order valence-electron chi connectivity index (χ2n) is 9.23. The highest BCUT2D eigenvalue weighted by atomic mass is 15.2. The zero-order valence-electron chi connectivity index (χ0n) is 17.7. The van der Waals surface area contributed by atoms with Gasteiger partial charge in [0.05, 0.1) is 6.04 Å². The zero-order chi connectivity index (χ0) is 20.8. The lowest BCUT2D eigenvalue weighted by Gasteiger charge is -2.46. The van der Waals surface area contributed by atoms with Crippen LogP contribution in [0.1, 0.15) is 39.4 Å². The minimum Gasteiger partial charge on any atom is -0.329 e. The Morgan fingerprint density at radius 3 is 1.59 bits per heavy atom. The van der Waals surface area contributed by atoms with Crippen LogP contribution in [0, 0.1) is 0 Å². The van der Waals surface area contributed by atoms with Gasteiger partial charge in [0.2, 0.25) is 0 Å². The lowest BCUT2D eigenvalue weighted by atomic mass is 9.75. The van der Waals surface area contributed by atoms with Crippen molar-refractivity contribution in [2.75, 3.05) is 4.90 Å². The molecule has 0 bridgehead atoms. The molecule has 1 heteroatoms. The van der Waals surface area contributed by atoms with Gasteiger partial charge in [-0.3, -0.25) is 0 Å². The molecule has 2 aliphatic carbocycles. The van der Waals surface area contributed by atoms with Crippen LogP contribution in [-0.2, 0) is 12.8 Å². The largest absolute Gasteiger partial charge is 0.329 e. The summed E-state index contributed by atoms with van der Waals surface area (Å²) in [7, 11) is 0. The molecule has 0 N–H and O–H groups in total. The van der Waals surface area contributed by atoms with Crippen LogP contribution >= 0.6 is 0 Å². The summed E-state index contributed by atoms with van der Waals surface area (Å²) in [6.07, 6.45) is 11.4. The Labute approximate surface area is 188 Å². The highest BCUT2D eigenvalue weighted by Gasteiger charge is 2.40. The van der Waals surface area contributed by atoms with E-state index in [4.69, 9.17) is 0 Å². The molecule has 8 rings (SSSR count). The number of nitrogens with zero attached hydrogens (tertiary/aromatic N) is 1. The van der Waals surface area contributed by atoms with Gasteiger partial charge in [0, 0.05) is 22.5 Å². The maximum atomic E-state index is 2.59. The van der Waals surface area contributed by atoms with E-state index in [1.54, 1.807) is 0 Å². The number of hydrogen-bond acceptors (Lipinski definition) is 1. The number of allylic oxidation sites excluding steroid dienone is 2. The number of anilines is 2. The molecule has 0 atom stereocenters. The molecule has 0 amide bonds. The first-order chi connectivity index (χ1) is 15.9. The van der Waals surface area contributed by atoms with Gasteiger partial charge < -0.3 is 4.90 Å². The quantitative estimate of drug-likeness (QED) is 0.288. The summed E-state index contributed by atoms with van der Waals surface area (Å²) in [5.41, 5.74) is 16.7. The van der Waals surface area contributed by atoms with E-state index in [0.717, 1.165) is 12.8 Å². The summed E-state index contributed by atoms with van der Waals surface area (Å²) in [6, 6.07) is 27.6. The zero-order valence-corrected chi connectivity index (χ0v) is 17.7. The third kappa shape index (κ3) is 1.95. The second kappa shape index (κ2) is 5.89. The molecule has 0 radical (unpaired) electrons. The van der Waals surface area contributed by atoms with E-state index in [2.05, 4.69) is 102 Å². The molecule has 0 fully saturated rings. The van der Waals surface area contributed by atoms with Crippen LogP contribution in [0.15, 0.2) is 84.9 Å². The van der Waals surface area contributed by atoms with Crippen LogP contribution in [0.5, 0.6) is 0 Å². The van der Waals surface area contributed by atoms with Crippen molar-refractivity contribution in [2.45, 2.75) is 18.9 Å². The van der Waals surface area contributed by atoms with Crippen LogP contribution in [0.4, 0.5) is 11.4 Å². The Balaban J connectivity index is 1.54. The van der Waals surface area contributed by atoms with Gasteiger partial charge in [-0.2, -0.15) is 0 Å². The molecule has 0 unspecified atom stereocenters. The van der Waals surface area contributed by atoms with E-state index in [1.165, 1.54) is 67.0 Å². The molecule has 0 saturated carbocycles. The number of para-hydroxylation sites is 2. The van der Waals surface area contributed by atoms with Gasteiger partial charge in [-0.1, -0.05) is 85.0 Å². The third-order valence-corrected chi connectivity index (χ3v) is 7.69. The van der Waals surface area contributed by atoms with Crippen molar-refractivity contribution in [1.29, 1.82) is 0 Å². The maximum Gasteiger partial charge on any atom is 0.0857 e. The van der Waals surface area contributed by atoms with Gasteiger partial charge in [0.25, 0.3) is 0 Å². The summed E-state index contributed by atoms with van der Waals surface area (Å²) < 4.78 is 0. The summed E-state index contributed by atoms with van der Waals surface area (Å²) in [6.45, 7) is 0. The average Bonchev–Trinajstić information content (AvgIpc) is 3.52. The monoisotopic (exact) mass is 407 g/mol. The van der Waals surface area contributed by atoms with Gasteiger partial charge in [-0.15, -0.1) is 0 Å². The number of benzene rings is 4. The van der Waals surface area contributed by atoms with E-state index in [1.807, 2.05) is 0 Å². The van der Waals surface area contributed by atoms with Crippen molar-refractivity contribution in [1.82, 2.24) is 0 Å². The van der Waals surface area contributed by atoms with Crippen LogP contribution in [0.25, 0.3) is 34.4 Å². The fourth-order valence-electron chi connectivity index (χ4n) is 6.40. The molecule has 2 heterocycles. The van der Waals surface area contributed by atoms with Gasteiger partial charge in [-0.25, -0.2) is 0 Å². The van der Waals surface area contributed by atoms with Crippen molar-refractivity contribution >= 4 is 23.5 Å². The van der Waals surface area contributed by atoms with Crippen LogP contribution in [0.2, 0.25) is 0 Å². The smallest absolute Gasteiger partial charge is 0.0857 e. The highest BCUT2D eigenvalue weighted by Crippen LogP contribution is 2.59. The van der Waals surface area contributed by atoms with E-state index in [0.29, 0.717) is 0 Å². The van der Waals surface area contributed by atoms with Gasteiger partial charge in [-0.05, 0) is 69.5 Å². The summed E-state index contributed by atoms with van der Waals surface area (Å²) >= 11 is 0. The Hall–Kier alpha value is -3.84. The van der Waals surface area contributed by atoms with Crippen LogP contribution in [-0.4, -0.2) is 0 Å². The second-order valence-corrected chi connectivity index (χ2v) is 9.23. The van der Waals surface area contributed by atoms with E-state index in [-0.39, 0.29) is 6.04 Å². The Morgan fingerprint density at radius 1 is 0.562 bits per heavy atom. The molecule has 0 aromatic heterocycles. The van der Waals surface area contributed by atoms with Crippen molar-refractivity contribution in [2.24, 2.45) is 0 Å². The number of rotatable bonds is 0. The minimum absolute atomic E-state index is 0.184. The first kappa shape index (κ1) is 16.8. The lowest BCUT2D eigenvalue weighted by Crippen LogP contribution is -2.32. The Kier molecular flexibility index (Phi) is 3.09. The number of hydrogen-bond donors (Lipinski definition) is 0. The fourth-order valence-corrected chi connectivity index (χ4v) is 6.40. The van der Waals surface area contributed by atoms with E-state index < -0.39 is 0 Å². The van der Waals surface area contributed by atoms with Gasteiger partial charge >= 0.3 is 0 Å². The summed E-state index contributed by atoms with van der Waals surface area (Å²) in [5, 5.41) is 0. The lowest BCUT2D eigenvalue weighted by molar-refractivity contribution is 0.800. The van der Waals surface area contributed by atoms with E-state index in [9.17, 15) is 0 Å². The first-order valence-corrected chi connectivity index (χ1v) is 11.5. The first-order valence-electron chi connectivity index (χ1n) is 11.5. The molecular weight excluding hydrogens is 386 g/mol. The third-order valence-electron chi connectivity index (χ3n) is 7.69. The summed E-state index contributed by atoms with van der Waals surface area (Å²) in [5.74, 6) is 0. The Morgan fingerprint density at radius 2 is 1.06 bits per heavy atom. The molecule has 1 nitrogen and oxygen atoms in total. The molecule has 150 valence electrons. The van der Waals surface area contributed by atoms with Crippen LogP contribution in [0.3, 0.4) is 0 Å². The molecular formula is C31H21N. The van der Waals surface area contributed by atoms with E-state index >= 15 is 0 Å². The maximum absolute atomic E-state index is 2.59.